The number of sulfonamides is 1. The summed E-state index contributed by atoms with van der Waals surface area (Å²) >= 11 is 2.81. The average Bonchev–Trinajstić information content (AvgIpc) is 3.17. The Hall–Kier alpha value is -1.86. The Bertz CT molecular complexity index is 1200. The van der Waals surface area contributed by atoms with Crippen LogP contribution in [0.1, 0.15) is 17.6 Å². The number of piperazine rings is 1. The van der Waals surface area contributed by atoms with Gasteiger partial charge >= 0.3 is 0 Å². The van der Waals surface area contributed by atoms with E-state index in [1.54, 1.807) is 12.1 Å². The van der Waals surface area contributed by atoms with Crippen LogP contribution in [0, 0.1) is 0 Å². The summed E-state index contributed by atoms with van der Waals surface area (Å²) in [7, 11) is -1.54. The summed E-state index contributed by atoms with van der Waals surface area (Å²) in [6.45, 7) is 4.39. The molecule has 0 N–H and O–H groups in total. The second kappa shape index (κ2) is 8.71. The van der Waals surface area contributed by atoms with E-state index in [-0.39, 0.29) is 10.5 Å². The third-order valence-corrected chi connectivity index (χ3v) is 8.73. The Morgan fingerprint density at radius 3 is 2.63 bits per heavy atom. The fraction of sp³-hybridized carbons (Fsp3) is 0.444. The molecule has 0 atom stereocenters. The number of aromatic nitrogens is 4. The van der Waals surface area contributed by atoms with Crippen LogP contribution in [0.2, 0.25) is 0 Å². The van der Waals surface area contributed by atoms with Crippen molar-refractivity contribution in [1.82, 2.24) is 28.8 Å². The quantitative estimate of drug-likeness (QED) is 0.502. The number of nitrogens with zero attached hydrogens (tertiary/aromatic N) is 6. The van der Waals surface area contributed by atoms with Crippen LogP contribution in [-0.4, -0.2) is 70.4 Å². The zero-order valence-corrected chi connectivity index (χ0v) is 19.1. The lowest BCUT2D eigenvalue weighted by Gasteiger charge is -2.31. The zero-order valence-electron chi connectivity index (χ0n) is 16.7. The Balaban J connectivity index is 1.45. The average molecular weight is 467 g/mol. The first kappa shape index (κ1) is 21.4. The Labute approximate surface area is 182 Å². The molecule has 3 aromatic rings. The number of rotatable bonds is 6. The van der Waals surface area contributed by atoms with Crippen LogP contribution >= 0.6 is 23.1 Å². The maximum atomic E-state index is 12.8. The summed E-state index contributed by atoms with van der Waals surface area (Å²) in [5.41, 5.74) is 0.445. The smallest absolute Gasteiger partial charge is 0.275 e. The number of pyridine rings is 1. The minimum atomic E-state index is -3.53. The molecule has 1 aliphatic rings. The third kappa shape index (κ3) is 4.42. The third-order valence-electron chi connectivity index (χ3n) is 4.82. The molecule has 1 fully saturated rings. The molecule has 12 heteroatoms. The molecule has 9 nitrogen and oxygen atoms in total. The van der Waals surface area contributed by atoms with Gasteiger partial charge in [-0.25, -0.2) is 18.4 Å². The van der Waals surface area contributed by atoms with Crippen molar-refractivity contribution >= 4 is 38.1 Å². The Morgan fingerprint density at radius 1 is 1.20 bits per heavy atom. The molecular formula is C18H22N6O3S3. The monoisotopic (exact) mass is 466 g/mol. The molecule has 0 saturated carbocycles. The van der Waals surface area contributed by atoms with Gasteiger partial charge in [-0.05, 0) is 25.6 Å². The van der Waals surface area contributed by atoms with Gasteiger partial charge in [0, 0.05) is 44.2 Å². The van der Waals surface area contributed by atoms with E-state index in [0.29, 0.717) is 34.5 Å². The minimum Gasteiger partial charge on any atom is -0.304 e. The highest BCUT2D eigenvalue weighted by atomic mass is 32.2. The van der Waals surface area contributed by atoms with Crippen molar-refractivity contribution < 1.29 is 8.42 Å². The minimum absolute atomic E-state index is 0.200. The van der Waals surface area contributed by atoms with Crippen molar-refractivity contribution in [3.8, 4) is 0 Å². The van der Waals surface area contributed by atoms with E-state index < -0.39 is 10.0 Å². The van der Waals surface area contributed by atoms with Crippen LogP contribution in [0.3, 0.4) is 0 Å². The van der Waals surface area contributed by atoms with E-state index >= 15 is 0 Å². The van der Waals surface area contributed by atoms with E-state index in [1.165, 1.54) is 44.2 Å². The summed E-state index contributed by atoms with van der Waals surface area (Å²) < 4.78 is 28.4. The Morgan fingerprint density at radius 2 is 1.97 bits per heavy atom. The van der Waals surface area contributed by atoms with Gasteiger partial charge in [-0.15, -0.1) is 11.8 Å². The lowest BCUT2D eigenvalue weighted by molar-refractivity contribution is 0.222. The lowest BCUT2D eigenvalue weighted by Crippen LogP contribution is -2.47. The Kier molecular flexibility index (Phi) is 6.21. The van der Waals surface area contributed by atoms with Gasteiger partial charge in [0.05, 0.1) is 10.7 Å². The molecule has 0 amide bonds. The van der Waals surface area contributed by atoms with E-state index in [9.17, 15) is 13.2 Å². The molecule has 0 bridgehead atoms. The van der Waals surface area contributed by atoms with Gasteiger partial charge in [0.1, 0.15) is 9.90 Å². The normalized spacial score (nSPS) is 16.3. The SMILES string of the molecule is CCc1nn2c(=O)cc(CSc3ccc(S(=O)(=O)N4CCN(C)CC4)cn3)nc2s1. The molecule has 0 aliphatic carbocycles. The predicted molar refractivity (Wildman–Crippen MR) is 117 cm³/mol. The van der Waals surface area contributed by atoms with Crippen LogP contribution < -0.4 is 5.56 Å². The van der Waals surface area contributed by atoms with Crippen molar-refractivity contribution in [1.29, 1.82) is 0 Å². The number of likely N-dealkylation sites (N-methyl/N-ethyl adjacent to an activating group) is 1. The van der Waals surface area contributed by atoms with Crippen molar-refractivity contribution in [2.24, 2.45) is 0 Å². The first-order valence-electron chi connectivity index (χ1n) is 9.53. The van der Waals surface area contributed by atoms with Crippen molar-refractivity contribution in [3.63, 3.8) is 0 Å². The fourth-order valence-corrected chi connectivity index (χ4v) is 6.00. The molecule has 0 aromatic carbocycles. The summed E-state index contributed by atoms with van der Waals surface area (Å²) in [6, 6.07) is 4.76. The first-order chi connectivity index (χ1) is 14.4. The molecule has 1 saturated heterocycles. The largest absolute Gasteiger partial charge is 0.304 e. The molecule has 4 heterocycles. The molecule has 160 valence electrons. The highest BCUT2D eigenvalue weighted by Gasteiger charge is 2.27. The second-order valence-corrected chi connectivity index (χ2v) is 10.9. The van der Waals surface area contributed by atoms with E-state index in [4.69, 9.17) is 0 Å². The molecule has 4 rings (SSSR count). The van der Waals surface area contributed by atoms with Crippen LogP contribution in [-0.2, 0) is 22.2 Å². The van der Waals surface area contributed by atoms with Gasteiger partial charge in [-0.2, -0.15) is 13.9 Å². The zero-order chi connectivity index (χ0) is 21.3. The molecule has 0 radical (unpaired) electrons. The molecule has 30 heavy (non-hydrogen) atoms. The van der Waals surface area contributed by atoms with Crippen molar-refractivity contribution in [2.75, 3.05) is 33.2 Å². The van der Waals surface area contributed by atoms with E-state index in [0.717, 1.165) is 24.5 Å². The molecule has 0 spiro atoms. The molecule has 0 unspecified atom stereocenters. The highest BCUT2D eigenvalue weighted by Crippen LogP contribution is 2.23. The molecule has 1 aliphatic heterocycles. The molecular weight excluding hydrogens is 444 g/mol. The fourth-order valence-electron chi connectivity index (χ4n) is 3.04. The predicted octanol–water partition coefficient (Wildman–Crippen LogP) is 1.34. The van der Waals surface area contributed by atoms with Gasteiger partial charge in [-0.1, -0.05) is 18.3 Å². The first-order valence-corrected chi connectivity index (χ1v) is 12.8. The maximum absolute atomic E-state index is 12.8. The second-order valence-electron chi connectivity index (χ2n) is 6.96. The number of hydrogen-bond donors (Lipinski definition) is 0. The lowest BCUT2D eigenvalue weighted by atomic mass is 10.4. The summed E-state index contributed by atoms with van der Waals surface area (Å²) in [6.07, 6.45) is 2.16. The summed E-state index contributed by atoms with van der Waals surface area (Å²) in [5, 5.41) is 5.78. The van der Waals surface area contributed by atoms with Crippen LogP contribution in [0.15, 0.2) is 39.1 Å². The van der Waals surface area contributed by atoms with Crippen LogP contribution in [0.5, 0.6) is 0 Å². The van der Waals surface area contributed by atoms with Gasteiger partial charge in [0.15, 0.2) is 0 Å². The van der Waals surface area contributed by atoms with Gasteiger partial charge in [-0.3, -0.25) is 4.79 Å². The van der Waals surface area contributed by atoms with Crippen LogP contribution in [0.25, 0.3) is 4.96 Å². The topological polar surface area (TPSA) is 101 Å². The number of aryl methyl sites for hydroxylation is 1. The highest BCUT2D eigenvalue weighted by molar-refractivity contribution is 7.98. The standard InChI is InChI=1S/C18H22N6O3S3/c1-3-15-21-24-17(25)10-13(20-18(24)29-15)12-28-16-5-4-14(11-19-16)30(26,27)23-8-6-22(2)7-9-23/h4-5,10-11H,3,6-9,12H2,1-2H3. The number of fused-ring (bicyclic) bond motifs is 1. The van der Waals surface area contributed by atoms with Gasteiger partial charge in [0.25, 0.3) is 5.56 Å². The van der Waals surface area contributed by atoms with Gasteiger partial charge in [0.2, 0.25) is 15.0 Å². The van der Waals surface area contributed by atoms with Crippen molar-refractivity contribution in [2.45, 2.75) is 29.0 Å². The summed E-state index contributed by atoms with van der Waals surface area (Å²) in [5.74, 6) is 0.461. The maximum Gasteiger partial charge on any atom is 0.275 e. The molecule has 3 aromatic heterocycles. The van der Waals surface area contributed by atoms with E-state index in [1.807, 2.05) is 14.0 Å². The van der Waals surface area contributed by atoms with Crippen LogP contribution in [0.4, 0.5) is 0 Å². The van der Waals surface area contributed by atoms with E-state index in [2.05, 4.69) is 20.0 Å². The number of thioether (sulfide) groups is 1. The van der Waals surface area contributed by atoms with Crippen molar-refractivity contribution in [3.05, 3.63) is 45.5 Å². The van der Waals surface area contributed by atoms with Gasteiger partial charge < -0.3 is 4.90 Å². The summed E-state index contributed by atoms with van der Waals surface area (Å²) in [4.78, 5) is 23.9. The number of hydrogen-bond acceptors (Lipinski definition) is 9.